The molecule has 0 spiro atoms. The number of ether oxygens (including phenoxy) is 1. The third-order valence-electron chi connectivity index (χ3n) is 5.71. The minimum Gasteiger partial charge on any atom is -0.477 e. The number of Topliss-reactive ketones (excluding diaryl/α,β-unsaturated/α-hetero) is 1. The van der Waals surface area contributed by atoms with Gasteiger partial charge in [0, 0.05) is 50.4 Å². The van der Waals surface area contributed by atoms with Crippen molar-refractivity contribution in [1.82, 2.24) is 9.88 Å². The number of carbonyl (C=O) groups is 3. The van der Waals surface area contributed by atoms with Gasteiger partial charge in [-0.15, -0.1) is 0 Å². The van der Waals surface area contributed by atoms with E-state index in [1.54, 1.807) is 41.4 Å². The van der Waals surface area contributed by atoms with Crippen molar-refractivity contribution in [2.75, 3.05) is 31.1 Å². The quantitative estimate of drug-likeness (QED) is 0.472. The first kappa shape index (κ1) is 27.4. The fourth-order valence-electron chi connectivity index (χ4n) is 3.97. The summed E-state index contributed by atoms with van der Waals surface area (Å²) in [4.78, 5) is 42.0. The van der Waals surface area contributed by atoms with Crippen LogP contribution in [0.5, 0.6) is 5.75 Å². The summed E-state index contributed by atoms with van der Waals surface area (Å²) in [6.07, 6.45) is -3.31. The lowest BCUT2D eigenvalue weighted by Gasteiger charge is -2.43. The van der Waals surface area contributed by atoms with E-state index in [-0.39, 0.29) is 0 Å². The van der Waals surface area contributed by atoms with Gasteiger partial charge < -0.3 is 19.8 Å². The molecule has 1 saturated heterocycles. The first-order chi connectivity index (χ1) is 17.5. The molecule has 37 heavy (non-hydrogen) atoms. The summed E-state index contributed by atoms with van der Waals surface area (Å²) >= 11 is 0. The monoisotopic (exact) mass is 519 g/mol. The molecule has 4 rings (SSSR count). The van der Waals surface area contributed by atoms with Gasteiger partial charge in [0.2, 0.25) is 5.78 Å². The van der Waals surface area contributed by atoms with E-state index in [9.17, 15) is 27.9 Å². The molecule has 1 fully saturated rings. The average molecular weight is 519 g/mol. The summed E-state index contributed by atoms with van der Waals surface area (Å²) in [6, 6.07) is 18.5. The van der Waals surface area contributed by atoms with Gasteiger partial charge in [-0.1, -0.05) is 36.4 Å². The standard InChI is InChI=1S/C23H23N3O4.C2HF3O2/c1-17(27)23(22(28)29,30-18-7-3-2-4-8-18)26-15-13-25(14-16-26)21-11-12-24-20-10-6-5-9-19(20)21;3-2(4,5)1(6)7/h2-12H,13-16H2,1H3,(H,28,29);(H,6,7). The zero-order chi connectivity index (χ0) is 27.2. The molecule has 0 radical (unpaired) electrons. The van der Waals surface area contributed by atoms with Crippen molar-refractivity contribution >= 4 is 34.3 Å². The van der Waals surface area contributed by atoms with Gasteiger partial charge in [-0.3, -0.25) is 9.78 Å². The van der Waals surface area contributed by atoms with Crippen LogP contribution in [0.25, 0.3) is 10.9 Å². The number of pyridine rings is 1. The van der Waals surface area contributed by atoms with Crippen LogP contribution in [-0.2, 0) is 14.4 Å². The van der Waals surface area contributed by atoms with E-state index < -0.39 is 29.6 Å². The highest BCUT2D eigenvalue weighted by atomic mass is 19.4. The maximum atomic E-state index is 12.6. The van der Waals surface area contributed by atoms with Crippen LogP contribution in [0.1, 0.15) is 6.92 Å². The van der Waals surface area contributed by atoms with Crippen LogP contribution in [0, 0.1) is 0 Å². The summed E-state index contributed by atoms with van der Waals surface area (Å²) in [5.41, 5.74) is -0.0882. The Morgan fingerprint density at radius 3 is 1.97 bits per heavy atom. The fourth-order valence-corrected chi connectivity index (χ4v) is 3.97. The van der Waals surface area contributed by atoms with Crippen LogP contribution >= 0.6 is 0 Å². The van der Waals surface area contributed by atoms with Gasteiger partial charge in [-0.2, -0.15) is 13.2 Å². The lowest BCUT2D eigenvalue weighted by molar-refractivity contribution is -0.192. The molecule has 1 aliphatic rings. The van der Waals surface area contributed by atoms with E-state index in [1.807, 2.05) is 30.3 Å². The maximum absolute atomic E-state index is 12.6. The van der Waals surface area contributed by atoms with Crippen LogP contribution in [-0.4, -0.2) is 75.9 Å². The predicted molar refractivity (Wildman–Crippen MR) is 127 cm³/mol. The summed E-state index contributed by atoms with van der Waals surface area (Å²) < 4.78 is 37.6. The summed E-state index contributed by atoms with van der Waals surface area (Å²) in [7, 11) is 0. The number of carboxylic acid groups (broad SMARTS) is 2. The number of halogens is 3. The SMILES string of the molecule is CC(=O)C(Oc1ccccc1)(C(=O)O)N1CCN(c2ccnc3ccccc23)CC1.O=C(O)C(F)(F)F. The number of rotatable bonds is 6. The Morgan fingerprint density at radius 2 is 1.43 bits per heavy atom. The Morgan fingerprint density at radius 1 is 0.865 bits per heavy atom. The number of ketones is 1. The van der Waals surface area contributed by atoms with Gasteiger partial charge in [0.15, 0.2) is 0 Å². The average Bonchev–Trinajstić information content (AvgIpc) is 2.87. The van der Waals surface area contributed by atoms with Crippen LogP contribution in [0.3, 0.4) is 0 Å². The first-order valence-corrected chi connectivity index (χ1v) is 11.1. The Labute approximate surface area is 209 Å². The smallest absolute Gasteiger partial charge is 0.477 e. The normalized spacial score (nSPS) is 15.7. The molecule has 12 heteroatoms. The highest BCUT2D eigenvalue weighted by molar-refractivity contribution is 6.05. The number of fused-ring (bicyclic) bond motifs is 1. The highest BCUT2D eigenvalue weighted by Crippen LogP contribution is 2.29. The van der Waals surface area contributed by atoms with E-state index in [4.69, 9.17) is 14.6 Å². The lowest BCUT2D eigenvalue weighted by atomic mass is 10.0. The third-order valence-corrected chi connectivity index (χ3v) is 5.71. The molecule has 1 unspecified atom stereocenters. The highest BCUT2D eigenvalue weighted by Gasteiger charge is 2.52. The Balaban J connectivity index is 0.000000479. The molecule has 1 atom stereocenters. The number of alkyl halides is 3. The number of aliphatic carboxylic acids is 2. The van der Waals surface area contributed by atoms with Gasteiger partial charge in [0.05, 0.1) is 5.52 Å². The largest absolute Gasteiger partial charge is 0.490 e. The van der Waals surface area contributed by atoms with E-state index in [0.717, 1.165) is 16.6 Å². The van der Waals surface area contributed by atoms with Crippen molar-refractivity contribution in [3.05, 3.63) is 66.9 Å². The number of carbonyl (C=O) groups excluding carboxylic acids is 1. The van der Waals surface area contributed by atoms with Gasteiger partial charge >= 0.3 is 23.8 Å². The fraction of sp³-hybridized carbons (Fsp3) is 0.280. The van der Waals surface area contributed by atoms with Crippen LogP contribution < -0.4 is 9.64 Å². The summed E-state index contributed by atoms with van der Waals surface area (Å²) in [5, 5.41) is 18.2. The molecule has 1 aromatic heterocycles. The Hall–Kier alpha value is -4.19. The van der Waals surface area contributed by atoms with E-state index in [2.05, 4.69) is 9.88 Å². The van der Waals surface area contributed by atoms with Crippen molar-refractivity contribution in [1.29, 1.82) is 0 Å². The van der Waals surface area contributed by atoms with Crippen molar-refractivity contribution in [3.63, 3.8) is 0 Å². The second kappa shape index (κ2) is 11.2. The number of hydrogen-bond acceptors (Lipinski definition) is 7. The van der Waals surface area contributed by atoms with Crippen LogP contribution in [0.4, 0.5) is 18.9 Å². The van der Waals surface area contributed by atoms with Crippen LogP contribution in [0.15, 0.2) is 66.9 Å². The number of piperazine rings is 1. The van der Waals surface area contributed by atoms with Gasteiger partial charge in [-0.25, -0.2) is 14.5 Å². The van der Waals surface area contributed by atoms with Crippen LogP contribution in [0.2, 0.25) is 0 Å². The molecule has 196 valence electrons. The molecule has 0 bridgehead atoms. The predicted octanol–water partition coefficient (Wildman–Crippen LogP) is 3.44. The molecule has 3 aromatic rings. The maximum Gasteiger partial charge on any atom is 0.490 e. The minimum atomic E-state index is -5.08. The summed E-state index contributed by atoms with van der Waals surface area (Å²) in [5.74, 6) is -4.27. The number of anilines is 1. The summed E-state index contributed by atoms with van der Waals surface area (Å²) in [6.45, 7) is 3.13. The molecule has 2 heterocycles. The third kappa shape index (κ3) is 6.15. The van der Waals surface area contributed by atoms with E-state index in [0.29, 0.717) is 31.9 Å². The molecule has 0 saturated carbocycles. The van der Waals surface area contributed by atoms with Crippen molar-refractivity contribution < 1.29 is 42.5 Å². The van der Waals surface area contributed by atoms with Gasteiger partial charge in [0.25, 0.3) is 0 Å². The minimum absolute atomic E-state index is 0.345. The zero-order valence-electron chi connectivity index (χ0n) is 19.7. The topological polar surface area (TPSA) is 120 Å². The number of nitrogens with zero attached hydrogens (tertiary/aromatic N) is 3. The molecule has 1 aliphatic heterocycles. The number of carboxylic acids is 2. The van der Waals surface area contributed by atoms with E-state index >= 15 is 0 Å². The van der Waals surface area contributed by atoms with Crippen molar-refractivity contribution in [2.45, 2.75) is 18.8 Å². The van der Waals surface area contributed by atoms with Gasteiger partial charge in [-0.05, 0) is 24.3 Å². The van der Waals surface area contributed by atoms with Crippen molar-refractivity contribution in [3.8, 4) is 5.75 Å². The molecular weight excluding hydrogens is 495 g/mol. The number of hydrogen-bond donors (Lipinski definition) is 2. The second-order valence-electron chi connectivity index (χ2n) is 8.04. The second-order valence-corrected chi connectivity index (χ2v) is 8.04. The number of para-hydroxylation sites is 2. The van der Waals surface area contributed by atoms with Gasteiger partial charge in [0.1, 0.15) is 5.75 Å². The van der Waals surface area contributed by atoms with E-state index in [1.165, 1.54) is 6.92 Å². The number of benzene rings is 2. The lowest BCUT2D eigenvalue weighted by Crippen LogP contribution is -2.67. The molecule has 2 N–H and O–H groups in total. The molecule has 9 nitrogen and oxygen atoms in total. The molecule has 0 amide bonds. The first-order valence-electron chi connectivity index (χ1n) is 11.1. The Kier molecular flexibility index (Phi) is 8.33. The number of aromatic nitrogens is 1. The molecule has 0 aliphatic carbocycles. The Bertz CT molecular complexity index is 1240. The van der Waals surface area contributed by atoms with Crippen molar-refractivity contribution in [2.24, 2.45) is 0 Å². The zero-order valence-corrected chi connectivity index (χ0v) is 19.7. The molecule has 2 aromatic carbocycles. The molecular formula is C25H24F3N3O6.